The molecule has 1 heterocycles. The second-order valence-electron chi connectivity index (χ2n) is 7.20. The lowest BCUT2D eigenvalue weighted by molar-refractivity contribution is 0.0827. The Morgan fingerprint density at radius 2 is 1.38 bits per heavy atom. The lowest BCUT2D eigenvalue weighted by Crippen LogP contribution is -2.21. The molecule has 3 rings (SSSR count). The van der Waals surface area contributed by atoms with Gasteiger partial charge in [0.25, 0.3) is 5.91 Å². The smallest absolute Gasteiger partial charge is 0.253 e. The van der Waals surface area contributed by atoms with Gasteiger partial charge in [0, 0.05) is 31.2 Å². The van der Waals surface area contributed by atoms with Gasteiger partial charge in [-0.1, -0.05) is 85.1 Å². The summed E-state index contributed by atoms with van der Waals surface area (Å²) in [5.41, 5.74) is 4.54. The van der Waals surface area contributed by atoms with Gasteiger partial charge in [-0.05, 0) is 34.7 Å². The average Bonchev–Trinajstić information content (AvgIpc) is 3.18. The van der Waals surface area contributed by atoms with Crippen LogP contribution >= 0.6 is 34.9 Å². The zero-order valence-corrected chi connectivity index (χ0v) is 19.5. The highest BCUT2D eigenvalue weighted by atomic mass is 32.2. The molecule has 1 aromatic heterocycles. The molecule has 0 radical (unpaired) electrons. The van der Waals surface area contributed by atoms with Crippen LogP contribution in [0.5, 0.6) is 0 Å². The number of aromatic nitrogens is 2. The van der Waals surface area contributed by atoms with Crippen molar-refractivity contribution in [1.29, 1.82) is 0 Å². The first kappa shape index (κ1) is 21.9. The predicted molar refractivity (Wildman–Crippen MR) is 124 cm³/mol. The summed E-state index contributed by atoms with van der Waals surface area (Å²) in [6, 6.07) is 16.6. The van der Waals surface area contributed by atoms with Crippen molar-refractivity contribution >= 4 is 40.8 Å². The third-order valence-electron chi connectivity index (χ3n) is 4.37. The van der Waals surface area contributed by atoms with E-state index in [0.29, 0.717) is 11.5 Å². The van der Waals surface area contributed by atoms with Crippen LogP contribution in [0.15, 0.2) is 57.2 Å². The first-order valence-corrected chi connectivity index (χ1v) is 12.2. The summed E-state index contributed by atoms with van der Waals surface area (Å²) in [4.78, 5) is 13.5. The van der Waals surface area contributed by atoms with Crippen LogP contribution in [0.3, 0.4) is 0 Å². The maximum absolute atomic E-state index is 12.0. The van der Waals surface area contributed by atoms with Gasteiger partial charge in [0.2, 0.25) is 0 Å². The van der Waals surface area contributed by atoms with E-state index in [9.17, 15) is 4.79 Å². The van der Waals surface area contributed by atoms with E-state index < -0.39 is 0 Å². The van der Waals surface area contributed by atoms with Gasteiger partial charge < -0.3 is 4.90 Å². The van der Waals surface area contributed by atoms with Crippen LogP contribution in [0.2, 0.25) is 0 Å². The molecule has 0 bridgehead atoms. The molecule has 0 unspecified atom stereocenters. The molecule has 152 valence electrons. The highest BCUT2D eigenvalue weighted by molar-refractivity contribution is 8.02. The van der Waals surface area contributed by atoms with Gasteiger partial charge in [0.1, 0.15) is 0 Å². The first-order chi connectivity index (χ1) is 13.9. The first-order valence-electron chi connectivity index (χ1n) is 9.41. The SMILES string of the molecule is CC(C)c1ccc(CSc2nnc(SCc3ccc(C(=O)N(C)C)cc3)s2)cc1. The molecule has 29 heavy (non-hydrogen) atoms. The van der Waals surface area contributed by atoms with E-state index in [-0.39, 0.29) is 5.91 Å². The van der Waals surface area contributed by atoms with E-state index in [0.717, 1.165) is 20.2 Å². The maximum atomic E-state index is 12.0. The van der Waals surface area contributed by atoms with E-state index >= 15 is 0 Å². The van der Waals surface area contributed by atoms with Crippen LogP contribution < -0.4 is 0 Å². The molecule has 0 N–H and O–H groups in total. The molecule has 0 spiro atoms. The molecule has 0 saturated heterocycles. The van der Waals surface area contributed by atoms with Crippen molar-refractivity contribution in [3.05, 3.63) is 70.8 Å². The number of carbonyl (C=O) groups is 1. The fourth-order valence-corrected chi connectivity index (χ4v) is 5.54. The summed E-state index contributed by atoms with van der Waals surface area (Å²) >= 11 is 5.04. The van der Waals surface area contributed by atoms with Crippen LogP contribution in [-0.2, 0) is 11.5 Å². The number of rotatable bonds is 8. The van der Waals surface area contributed by atoms with E-state index in [1.54, 1.807) is 53.9 Å². The Labute approximate surface area is 185 Å². The number of hydrogen-bond donors (Lipinski definition) is 0. The molecule has 3 aromatic rings. The van der Waals surface area contributed by atoms with Gasteiger partial charge in [0.05, 0.1) is 0 Å². The Balaban J connectivity index is 1.49. The van der Waals surface area contributed by atoms with Crippen LogP contribution in [0.4, 0.5) is 0 Å². The number of hydrogen-bond acceptors (Lipinski definition) is 6. The van der Waals surface area contributed by atoms with E-state index in [2.05, 4.69) is 48.3 Å². The maximum Gasteiger partial charge on any atom is 0.253 e. The fourth-order valence-electron chi connectivity index (χ4n) is 2.60. The highest BCUT2D eigenvalue weighted by Crippen LogP contribution is 2.32. The van der Waals surface area contributed by atoms with Gasteiger partial charge in [-0.2, -0.15) is 0 Å². The Kier molecular flexibility index (Phi) is 7.75. The molecule has 0 saturated carbocycles. The zero-order chi connectivity index (χ0) is 20.8. The number of nitrogens with zero attached hydrogens (tertiary/aromatic N) is 3. The minimum atomic E-state index is 0.0221. The van der Waals surface area contributed by atoms with Crippen molar-refractivity contribution in [3.63, 3.8) is 0 Å². The summed E-state index contributed by atoms with van der Waals surface area (Å²) < 4.78 is 1.96. The van der Waals surface area contributed by atoms with Gasteiger partial charge in [-0.25, -0.2) is 0 Å². The van der Waals surface area contributed by atoms with E-state index in [1.165, 1.54) is 16.7 Å². The van der Waals surface area contributed by atoms with Crippen LogP contribution in [0.1, 0.15) is 46.8 Å². The fraction of sp³-hybridized carbons (Fsp3) is 0.318. The van der Waals surface area contributed by atoms with Crippen molar-refractivity contribution in [2.45, 2.75) is 40.0 Å². The zero-order valence-electron chi connectivity index (χ0n) is 17.1. The summed E-state index contributed by atoms with van der Waals surface area (Å²) in [5, 5.41) is 8.61. The minimum absolute atomic E-state index is 0.0221. The molecule has 0 atom stereocenters. The molecular weight excluding hydrogens is 418 g/mol. The largest absolute Gasteiger partial charge is 0.345 e. The summed E-state index contributed by atoms with van der Waals surface area (Å²) in [6.07, 6.45) is 0. The molecule has 2 aromatic carbocycles. The monoisotopic (exact) mass is 443 g/mol. The third-order valence-corrected chi connectivity index (χ3v) is 7.70. The Morgan fingerprint density at radius 1 is 0.897 bits per heavy atom. The van der Waals surface area contributed by atoms with Gasteiger partial charge in [-0.15, -0.1) is 10.2 Å². The van der Waals surface area contributed by atoms with Crippen LogP contribution in [0, 0.1) is 0 Å². The summed E-state index contributed by atoms with van der Waals surface area (Å²) in [6.45, 7) is 4.42. The van der Waals surface area contributed by atoms with Crippen molar-refractivity contribution < 1.29 is 4.79 Å². The topological polar surface area (TPSA) is 46.1 Å². The Bertz CT molecular complexity index is 935. The normalized spacial score (nSPS) is 11.1. The number of thioether (sulfide) groups is 2. The average molecular weight is 444 g/mol. The van der Waals surface area contributed by atoms with Crippen molar-refractivity contribution in [2.75, 3.05) is 14.1 Å². The van der Waals surface area contributed by atoms with Gasteiger partial charge in [-0.3, -0.25) is 4.79 Å². The lowest BCUT2D eigenvalue weighted by Gasteiger charge is -2.10. The minimum Gasteiger partial charge on any atom is -0.345 e. The molecule has 1 amide bonds. The standard InChI is InChI=1S/C22H25N3OS3/c1-15(2)18-9-5-16(6-10-18)13-27-21-23-24-22(29-21)28-14-17-7-11-19(12-8-17)20(26)25(3)4/h5-12,15H,13-14H2,1-4H3. The lowest BCUT2D eigenvalue weighted by atomic mass is 10.0. The molecule has 7 heteroatoms. The van der Waals surface area contributed by atoms with Crippen LogP contribution in [-0.4, -0.2) is 35.1 Å². The predicted octanol–water partition coefficient (Wildman–Crippen LogP) is 5.95. The molecule has 0 aliphatic heterocycles. The van der Waals surface area contributed by atoms with Crippen molar-refractivity contribution in [2.24, 2.45) is 0 Å². The summed E-state index contributed by atoms with van der Waals surface area (Å²) in [5.74, 6) is 2.30. The van der Waals surface area contributed by atoms with Gasteiger partial charge >= 0.3 is 0 Å². The number of carbonyl (C=O) groups excluding carboxylic acids is 1. The molecule has 4 nitrogen and oxygen atoms in total. The Hall–Kier alpha value is -1.83. The van der Waals surface area contributed by atoms with Crippen molar-refractivity contribution in [1.82, 2.24) is 15.1 Å². The molecule has 0 aliphatic carbocycles. The molecule has 0 fully saturated rings. The quantitative estimate of drug-likeness (QED) is 0.403. The molecule has 0 aliphatic rings. The molecular formula is C22H25N3OS3. The van der Waals surface area contributed by atoms with Crippen molar-refractivity contribution in [3.8, 4) is 0 Å². The van der Waals surface area contributed by atoms with E-state index in [4.69, 9.17) is 0 Å². The Morgan fingerprint density at radius 3 is 1.83 bits per heavy atom. The van der Waals surface area contributed by atoms with Gasteiger partial charge in [0.15, 0.2) is 8.68 Å². The summed E-state index contributed by atoms with van der Waals surface area (Å²) in [7, 11) is 3.52. The second kappa shape index (κ2) is 10.3. The third kappa shape index (κ3) is 6.32. The number of amides is 1. The van der Waals surface area contributed by atoms with Crippen LogP contribution in [0.25, 0.3) is 0 Å². The second-order valence-corrected chi connectivity index (χ2v) is 10.6. The number of benzene rings is 2. The van der Waals surface area contributed by atoms with E-state index in [1.807, 2.05) is 24.3 Å². The highest BCUT2D eigenvalue weighted by Gasteiger charge is 2.09.